The number of rotatable bonds is 7. The zero-order valence-corrected chi connectivity index (χ0v) is 19.3. The molecule has 0 fully saturated rings. The summed E-state index contributed by atoms with van der Waals surface area (Å²) in [7, 11) is 0. The Kier molecular flexibility index (Phi) is 6.84. The fraction of sp³-hybridized carbons (Fsp3) is 0.172. The second kappa shape index (κ2) is 10.1. The van der Waals surface area contributed by atoms with Crippen molar-refractivity contribution in [1.82, 2.24) is 5.43 Å². The van der Waals surface area contributed by atoms with E-state index in [1.165, 1.54) is 11.1 Å². The van der Waals surface area contributed by atoms with Crippen LogP contribution in [0.1, 0.15) is 33.4 Å². The van der Waals surface area contributed by atoms with Gasteiger partial charge in [-0.1, -0.05) is 83.9 Å². The highest BCUT2D eigenvalue weighted by molar-refractivity contribution is 6.02. The highest BCUT2D eigenvalue weighted by Crippen LogP contribution is 2.27. The standard InChI is InChI=1S/C29H28N2O2/c1-20-8-11-23(12-9-20)19-33-28-15-14-24-6-4-5-7-26(24)27(28)18-30-31-29(32)17-25-13-10-21(2)16-22(25)3/h4-16,18H,17,19H2,1-3H3,(H,31,32)/b30-18+. The van der Waals surface area contributed by atoms with Gasteiger partial charge in [-0.3, -0.25) is 4.79 Å². The summed E-state index contributed by atoms with van der Waals surface area (Å²) in [5.74, 6) is 0.571. The van der Waals surface area contributed by atoms with Gasteiger partial charge in [0.1, 0.15) is 12.4 Å². The number of hydrogen-bond acceptors (Lipinski definition) is 3. The molecule has 0 spiro atoms. The Balaban J connectivity index is 1.52. The molecule has 0 aliphatic carbocycles. The molecule has 4 aromatic rings. The average molecular weight is 437 g/mol. The maximum absolute atomic E-state index is 12.5. The van der Waals surface area contributed by atoms with Gasteiger partial charge in [-0.25, -0.2) is 5.43 Å². The quantitative estimate of drug-likeness (QED) is 0.284. The summed E-state index contributed by atoms with van der Waals surface area (Å²) in [6.07, 6.45) is 1.96. The predicted molar refractivity (Wildman–Crippen MR) is 135 cm³/mol. The molecule has 33 heavy (non-hydrogen) atoms. The lowest BCUT2D eigenvalue weighted by Gasteiger charge is -2.12. The van der Waals surface area contributed by atoms with E-state index >= 15 is 0 Å². The summed E-state index contributed by atoms with van der Waals surface area (Å²) in [6, 6.07) is 26.5. The number of benzene rings is 4. The highest BCUT2D eigenvalue weighted by atomic mass is 16.5. The van der Waals surface area contributed by atoms with Crippen molar-refractivity contribution in [3.05, 3.63) is 112 Å². The Bertz CT molecular complexity index is 1310. The molecule has 0 aliphatic heterocycles. The summed E-state index contributed by atoms with van der Waals surface area (Å²) < 4.78 is 6.15. The van der Waals surface area contributed by atoms with Crippen LogP contribution in [0.3, 0.4) is 0 Å². The fourth-order valence-corrected chi connectivity index (χ4v) is 3.81. The van der Waals surface area contributed by atoms with Crippen LogP contribution in [-0.4, -0.2) is 12.1 Å². The van der Waals surface area contributed by atoms with Crippen molar-refractivity contribution in [3.8, 4) is 5.75 Å². The normalized spacial score (nSPS) is 11.1. The van der Waals surface area contributed by atoms with Crippen LogP contribution in [0.2, 0.25) is 0 Å². The number of aryl methyl sites for hydroxylation is 3. The van der Waals surface area contributed by atoms with E-state index in [-0.39, 0.29) is 12.3 Å². The van der Waals surface area contributed by atoms with Gasteiger partial charge in [0.25, 0.3) is 0 Å². The number of hydrazone groups is 1. The summed E-state index contributed by atoms with van der Waals surface area (Å²) in [5, 5.41) is 6.36. The van der Waals surface area contributed by atoms with Crippen molar-refractivity contribution < 1.29 is 9.53 Å². The van der Waals surface area contributed by atoms with Crippen molar-refractivity contribution >= 4 is 22.9 Å². The van der Waals surface area contributed by atoms with E-state index in [9.17, 15) is 4.79 Å². The molecule has 1 N–H and O–H groups in total. The van der Waals surface area contributed by atoms with Crippen LogP contribution in [0.5, 0.6) is 5.75 Å². The first-order valence-corrected chi connectivity index (χ1v) is 11.1. The third kappa shape index (κ3) is 5.66. The molecule has 1 amide bonds. The number of fused-ring (bicyclic) bond motifs is 1. The first kappa shape index (κ1) is 22.3. The van der Waals surface area contributed by atoms with Crippen molar-refractivity contribution in [3.63, 3.8) is 0 Å². The van der Waals surface area contributed by atoms with E-state index in [0.29, 0.717) is 6.61 Å². The number of nitrogens with one attached hydrogen (secondary N) is 1. The molecular weight excluding hydrogens is 408 g/mol. The third-order valence-electron chi connectivity index (χ3n) is 5.68. The van der Waals surface area contributed by atoms with Crippen molar-refractivity contribution in [2.24, 2.45) is 5.10 Å². The molecule has 4 rings (SSSR count). The first-order valence-electron chi connectivity index (χ1n) is 11.1. The largest absolute Gasteiger partial charge is 0.488 e. The molecule has 0 saturated carbocycles. The second-order valence-electron chi connectivity index (χ2n) is 8.37. The van der Waals surface area contributed by atoms with Crippen molar-refractivity contribution in [2.45, 2.75) is 33.8 Å². The number of nitrogens with zero attached hydrogens (tertiary/aromatic N) is 1. The SMILES string of the molecule is Cc1ccc(COc2ccc3ccccc3c2/C=N/NC(=O)Cc2ccc(C)cc2C)cc1. The van der Waals surface area contributed by atoms with E-state index in [1.807, 2.05) is 56.3 Å². The lowest BCUT2D eigenvalue weighted by atomic mass is 10.0. The zero-order chi connectivity index (χ0) is 23.2. The van der Waals surface area contributed by atoms with Crippen molar-refractivity contribution in [1.29, 1.82) is 0 Å². The smallest absolute Gasteiger partial charge is 0.244 e. The molecule has 0 radical (unpaired) electrons. The van der Waals surface area contributed by atoms with Crippen LogP contribution in [0.4, 0.5) is 0 Å². The Morgan fingerprint density at radius 1 is 0.909 bits per heavy atom. The van der Waals surface area contributed by atoms with Crippen LogP contribution in [-0.2, 0) is 17.8 Å². The Morgan fingerprint density at radius 2 is 1.67 bits per heavy atom. The van der Waals surface area contributed by atoms with E-state index in [0.717, 1.165) is 38.8 Å². The number of carbonyl (C=O) groups excluding carboxylic acids is 1. The van der Waals surface area contributed by atoms with Crippen LogP contribution in [0.15, 0.2) is 84.0 Å². The Morgan fingerprint density at radius 3 is 2.45 bits per heavy atom. The number of hydrogen-bond donors (Lipinski definition) is 1. The second-order valence-corrected chi connectivity index (χ2v) is 8.37. The van der Waals surface area contributed by atoms with Crippen LogP contribution in [0.25, 0.3) is 10.8 Å². The van der Waals surface area contributed by atoms with Gasteiger partial charge in [-0.05, 0) is 54.3 Å². The first-order chi connectivity index (χ1) is 16.0. The molecule has 0 aliphatic rings. The minimum Gasteiger partial charge on any atom is -0.488 e. The molecule has 4 aromatic carbocycles. The molecule has 0 saturated heterocycles. The van der Waals surface area contributed by atoms with Gasteiger partial charge in [-0.2, -0.15) is 5.10 Å². The lowest BCUT2D eigenvalue weighted by Crippen LogP contribution is -2.20. The Hall–Kier alpha value is -3.92. The Labute approximate surface area is 194 Å². The number of amides is 1. The molecule has 166 valence electrons. The van der Waals surface area contributed by atoms with E-state index in [1.54, 1.807) is 6.21 Å². The monoisotopic (exact) mass is 436 g/mol. The third-order valence-corrected chi connectivity index (χ3v) is 5.68. The van der Waals surface area contributed by atoms with Gasteiger partial charge < -0.3 is 4.74 Å². The highest BCUT2D eigenvalue weighted by Gasteiger charge is 2.09. The predicted octanol–water partition coefficient (Wildman–Crippen LogP) is 6.04. The molecule has 0 bridgehead atoms. The van der Waals surface area contributed by atoms with Crippen LogP contribution >= 0.6 is 0 Å². The van der Waals surface area contributed by atoms with Gasteiger partial charge >= 0.3 is 0 Å². The average Bonchev–Trinajstić information content (AvgIpc) is 2.81. The molecule has 0 heterocycles. The summed E-state index contributed by atoms with van der Waals surface area (Å²) >= 11 is 0. The fourth-order valence-electron chi connectivity index (χ4n) is 3.81. The van der Waals surface area contributed by atoms with Gasteiger partial charge in [0.2, 0.25) is 5.91 Å². The zero-order valence-electron chi connectivity index (χ0n) is 19.3. The topological polar surface area (TPSA) is 50.7 Å². The molecule has 4 heteroatoms. The minimum atomic E-state index is -0.152. The maximum atomic E-state index is 12.5. The van der Waals surface area contributed by atoms with E-state index in [2.05, 4.69) is 53.8 Å². The van der Waals surface area contributed by atoms with Crippen molar-refractivity contribution in [2.75, 3.05) is 0 Å². The van der Waals surface area contributed by atoms with Crippen LogP contribution < -0.4 is 10.2 Å². The molecule has 4 nitrogen and oxygen atoms in total. The van der Waals surface area contributed by atoms with Gasteiger partial charge in [0.15, 0.2) is 0 Å². The van der Waals surface area contributed by atoms with E-state index in [4.69, 9.17) is 4.74 Å². The molecular formula is C29H28N2O2. The maximum Gasteiger partial charge on any atom is 0.244 e. The van der Waals surface area contributed by atoms with Gasteiger partial charge in [0, 0.05) is 5.56 Å². The lowest BCUT2D eigenvalue weighted by molar-refractivity contribution is -0.120. The number of carbonyl (C=O) groups is 1. The molecule has 0 aromatic heterocycles. The van der Waals surface area contributed by atoms with Crippen LogP contribution in [0, 0.1) is 20.8 Å². The summed E-state index contributed by atoms with van der Waals surface area (Å²) in [4.78, 5) is 12.5. The summed E-state index contributed by atoms with van der Waals surface area (Å²) in [5.41, 5.74) is 9.11. The molecule has 0 unspecified atom stereocenters. The summed E-state index contributed by atoms with van der Waals surface area (Å²) in [6.45, 7) is 6.59. The molecule has 0 atom stereocenters. The van der Waals surface area contributed by atoms with E-state index < -0.39 is 0 Å². The minimum absolute atomic E-state index is 0.152. The van der Waals surface area contributed by atoms with Gasteiger partial charge in [0.05, 0.1) is 12.6 Å². The van der Waals surface area contributed by atoms with Gasteiger partial charge in [-0.15, -0.1) is 0 Å². The number of ether oxygens (including phenoxy) is 1.